The summed E-state index contributed by atoms with van der Waals surface area (Å²) in [5, 5.41) is 13.2. The summed E-state index contributed by atoms with van der Waals surface area (Å²) in [7, 11) is 0. The number of nitrogens with one attached hydrogen (secondary N) is 1. The summed E-state index contributed by atoms with van der Waals surface area (Å²) in [6.07, 6.45) is -0.575. The predicted molar refractivity (Wildman–Crippen MR) is 98.0 cm³/mol. The number of rotatable bonds is 6. The Morgan fingerprint density at radius 3 is 2.76 bits per heavy atom. The van der Waals surface area contributed by atoms with Gasteiger partial charge in [0.2, 0.25) is 0 Å². The number of ether oxygens (including phenoxy) is 1. The molecule has 3 nitrogen and oxygen atoms in total. The van der Waals surface area contributed by atoms with Gasteiger partial charge in [0.05, 0.1) is 4.47 Å². The molecule has 0 radical (unpaired) electrons. The predicted octanol–water partition coefficient (Wildman–Crippen LogP) is 4.21. The van der Waals surface area contributed by atoms with Gasteiger partial charge in [-0.25, -0.2) is 0 Å². The van der Waals surface area contributed by atoms with Gasteiger partial charge >= 0.3 is 0 Å². The molecule has 21 heavy (non-hydrogen) atoms. The molecule has 0 spiro atoms. The van der Waals surface area contributed by atoms with Crippen LogP contribution >= 0.6 is 38.5 Å². The van der Waals surface area contributed by atoms with Crippen molar-refractivity contribution >= 4 is 44.2 Å². The molecule has 2 aromatic carbocycles. The summed E-state index contributed by atoms with van der Waals surface area (Å²) < 4.78 is 7.67. The lowest BCUT2D eigenvalue weighted by Gasteiger charge is -2.15. The van der Waals surface area contributed by atoms with Gasteiger partial charge in [-0.3, -0.25) is 0 Å². The molecule has 0 heterocycles. The number of aliphatic hydroxyl groups excluding tert-OH is 1. The molecular weight excluding hydrogens is 445 g/mol. The maximum atomic E-state index is 10.0. The van der Waals surface area contributed by atoms with Crippen LogP contribution in [0.3, 0.4) is 0 Å². The number of benzene rings is 2. The summed E-state index contributed by atoms with van der Waals surface area (Å²) in [6.45, 7) is 2.72. The van der Waals surface area contributed by atoms with Crippen LogP contribution in [0.2, 0.25) is 0 Å². The Balaban J connectivity index is 1.82. The maximum absolute atomic E-state index is 10.0. The second kappa shape index (κ2) is 8.00. The Morgan fingerprint density at radius 1 is 1.29 bits per heavy atom. The Bertz CT molecular complexity index is 607. The van der Waals surface area contributed by atoms with E-state index in [0.29, 0.717) is 6.54 Å². The van der Waals surface area contributed by atoms with Gasteiger partial charge in [-0.1, -0.05) is 18.2 Å². The number of aliphatic hydroxyl groups is 1. The first-order chi connectivity index (χ1) is 10.1. The third-order valence-corrected chi connectivity index (χ3v) is 4.48. The van der Waals surface area contributed by atoms with E-state index < -0.39 is 6.10 Å². The van der Waals surface area contributed by atoms with Gasteiger partial charge in [-0.05, 0) is 75.3 Å². The number of halogens is 2. The molecule has 0 fully saturated rings. The Hall–Kier alpha value is -0.790. The lowest BCUT2D eigenvalue weighted by Crippen LogP contribution is -2.26. The van der Waals surface area contributed by atoms with Gasteiger partial charge in [-0.2, -0.15) is 0 Å². The van der Waals surface area contributed by atoms with Crippen LogP contribution in [0.1, 0.15) is 5.56 Å². The maximum Gasteiger partial charge on any atom is 0.133 e. The molecular formula is C16H17BrINO2. The van der Waals surface area contributed by atoms with Crippen LogP contribution in [0, 0.1) is 10.5 Å². The minimum Gasteiger partial charge on any atom is -0.490 e. The SMILES string of the molecule is Cc1ccc(OCC(O)CNc2ccccc2I)c(Br)c1. The van der Waals surface area contributed by atoms with Crippen molar-refractivity contribution in [3.63, 3.8) is 0 Å². The molecule has 0 aliphatic heterocycles. The molecule has 0 aliphatic carbocycles. The van der Waals surface area contributed by atoms with E-state index in [1.807, 2.05) is 49.4 Å². The van der Waals surface area contributed by atoms with Crippen molar-refractivity contribution in [2.45, 2.75) is 13.0 Å². The van der Waals surface area contributed by atoms with Crippen molar-refractivity contribution in [2.24, 2.45) is 0 Å². The third-order valence-electron chi connectivity index (χ3n) is 2.92. The molecule has 0 bridgehead atoms. The van der Waals surface area contributed by atoms with Crippen molar-refractivity contribution in [1.29, 1.82) is 0 Å². The van der Waals surface area contributed by atoms with Crippen LogP contribution < -0.4 is 10.1 Å². The van der Waals surface area contributed by atoms with Crippen molar-refractivity contribution < 1.29 is 9.84 Å². The summed E-state index contributed by atoms with van der Waals surface area (Å²) >= 11 is 5.72. The number of para-hydroxylation sites is 1. The highest BCUT2D eigenvalue weighted by Crippen LogP contribution is 2.25. The van der Waals surface area contributed by atoms with E-state index in [1.54, 1.807) is 0 Å². The molecule has 0 aliphatic rings. The van der Waals surface area contributed by atoms with Crippen LogP contribution in [-0.2, 0) is 0 Å². The highest BCUT2D eigenvalue weighted by molar-refractivity contribution is 14.1. The third kappa shape index (κ3) is 5.16. The molecule has 2 aromatic rings. The zero-order valence-corrected chi connectivity index (χ0v) is 15.4. The van der Waals surface area contributed by atoms with Crippen LogP contribution in [0.25, 0.3) is 0 Å². The summed E-state index contributed by atoms with van der Waals surface area (Å²) in [5.41, 5.74) is 2.18. The molecule has 1 atom stereocenters. The fourth-order valence-electron chi connectivity index (χ4n) is 1.80. The van der Waals surface area contributed by atoms with E-state index >= 15 is 0 Å². The normalized spacial score (nSPS) is 12.0. The Kier molecular flexibility index (Phi) is 6.32. The smallest absolute Gasteiger partial charge is 0.133 e. The molecule has 1 unspecified atom stereocenters. The summed E-state index contributed by atoms with van der Waals surface area (Å²) in [4.78, 5) is 0. The first-order valence-electron chi connectivity index (χ1n) is 6.61. The topological polar surface area (TPSA) is 41.5 Å². The van der Waals surface area contributed by atoms with Crippen LogP contribution in [-0.4, -0.2) is 24.4 Å². The van der Waals surface area contributed by atoms with Crippen LogP contribution in [0.5, 0.6) is 5.75 Å². The van der Waals surface area contributed by atoms with Crippen LogP contribution in [0.4, 0.5) is 5.69 Å². The molecule has 0 saturated carbocycles. The second-order valence-corrected chi connectivity index (χ2v) is 6.78. The highest BCUT2D eigenvalue weighted by atomic mass is 127. The highest BCUT2D eigenvalue weighted by Gasteiger charge is 2.08. The lowest BCUT2D eigenvalue weighted by molar-refractivity contribution is 0.117. The Morgan fingerprint density at radius 2 is 2.05 bits per heavy atom. The van der Waals surface area contributed by atoms with E-state index in [-0.39, 0.29) is 6.61 Å². The van der Waals surface area contributed by atoms with Gasteiger partial charge in [-0.15, -0.1) is 0 Å². The van der Waals surface area contributed by atoms with Gasteiger partial charge in [0.25, 0.3) is 0 Å². The number of anilines is 1. The van der Waals surface area contributed by atoms with Gasteiger partial charge in [0.1, 0.15) is 18.5 Å². The molecule has 0 saturated heterocycles. The van der Waals surface area contributed by atoms with Crippen molar-refractivity contribution in [2.75, 3.05) is 18.5 Å². The second-order valence-electron chi connectivity index (χ2n) is 4.76. The largest absolute Gasteiger partial charge is 0.490 e. The minimum atomic E-state index is -0.575. The average molecular weight is 462 g/mol. The quantitative estimate of drug-likeness (QED) is 0.633. The summed E-state index contributed by atoms with van der Waals surface area (Å²) in [5.74, 6) is 0.744. The molecule has 0 aromatic heterocycles. The van der Waals surface area contributed by atoms with Gasteiger partial charge in [0.15, 0.2) is 0 Å². The number of hydrogen-bond donors (Lipinski definition) is 2. The fourth-order valence-corrected chi connectivity index (χ4v) is 2.99. The molecule has 5 heteroatoms. The van der Waals surface area contributed by atoms with Gasteiger partial charge < -0.3 is 15.2 Å². The first kappa shape index (κ1) is 16.6. The van der Waals surface area contributed by atoms with E-state index in [2.05, 4.69) is 43.8 Å². The number of aryl methyl sites for hydroxylation is 1. The van der Waals surface area contributed by atoms with Crippen molar-refractivity contribution in [3.05, 3.63) is 56.1 Å². The van der Waals surface area contributed by atoms with Crippen molar-refractivity contribution in [3.8, 4) is 5.75 Å². The molecule has 0 amide bonds. The lowest BCUT2D eigenvalue weighted by atomic mass is 10.2. The zero-order valence-electron chi connectivity index (χ0n) is 11.6. The standard InChI is InChI=1S/C16H17BrINO2/c1-11-6-7-16(13(17)8-11)21-10-12(20)9-19-15-5-3-2-4-14(15)18/h2-8,12,19-20H,9-10H2,1H3. The van der Waals surface area contributed by atoms with E-state index in [4.69, 9.17) is 4.74 Å². The molecule has 112 valence electrons. The van der Waals surface area contributed by atoms with E-state index in [1.165, 1.54) is 0 Å². The average Bonchev–Trinajstić information content (AvgIpc) is 2.45. The Labute approximate surface area is 147 Å². The van der Waals surface area contributed by atoms with Crippen molar-refractivity contribution in [1.82, 2.24) is 0 Å². The minimum absolute atomic E-state index is 0.248. The first-order valence-corrected chi connectivity index (χ1v) is 8.49. The van der Waals surface area contributed by atoms with E-state index in [9.17, 15) is 5.11 Å². The zero-order chi connectivity index (χ0) is 15.2. The molecule has 2 N–H and O–H groups in total. The van der Waals surface area contributed by atoms with E-state index in [0.717, 1.165) is 25.0 Å². The molecule has 2 rings (SSSR count). The summed E-state index contributed by atoms with van der Waals surface area (Å²) in [6, 6.07) is 13.8. The number of hydrogen-bond acceptors (Lipinski definition) is 3. The monoisotopic (exact) mass is 461 g/mol. The fraction of sp³-hybridized carbons (Fsp3) is 0.250. The van der Waals surface area contributed by atoms with Gasteiger partial charge in [0, 0.05) is 15.8 Å². The van der Waals surface area contributed by atoms with Crippen LogP contribution in [0.15, 0.2) is 46.9 Å².